The van der Waals surface area contributed by atoms with Crippen molar-refractivity contribution in [2.75, 3.05) is 0 Å². The van der Waals surface area contributed by atoms with Gasteiger partial charge in [-0.1, -0.05) is 75.4 Å². The van der Waals surface area contributed by atoms with Gasteiger partial charge in [-0.25, -0.2) is 0 Å². The van der Waals surface area contributed by atoms with Crippen molar-refractivity contribution in [3.63, 3.8) is 0 Å². The number of aldehydes is 1. The van der Waals surface area contributed by atoms with Gasteiger partial charge in [-0.05, 0) is 45.7 Å². The van der Waals surface area contributed by atoms with Crippen molar-refractivity contribution in [1.82, 2.24) is 4.98 Å². The van der Waals surface area contributed by atoms with Gasteiger partial charge in [0.1, 0.15) is 0 Å². The third kappa shape index (κ3) is 3.34. The van der Waals surface area contributed by atoms with E-state index in [0.717, 1.165) is 39.4 Å². The largest absolute Gasteiger partial charge is 0.298 e. The van der Waals surface area contributed by atoms with Crippen LogP contribution in [0.15, 0.2) is 79.0 Å². The fourth-order valence-electron chi connectivity index (χ4n) is 3.55. The van der Waals surface area contributed by atoms with E-state index in [9.17, 15) is 4.79 Å². The summed E-state index contributed by atoms with van der Waals surface area (Å²) in [6.45, 7) is 6.56. The zero-order chi connectivity index (χ0) is 19.7. The van der Waals surface area contributed by atoms with E-state index in [1.165, 1.54) is 5.56 Å². The molecule has 0 aliphatic rings. The Morgan fingerprint density at radius 3 is 2.32 bits per heavy atom. The molecule has 4 aromatic rings. The van der Waals surface area contributed by atoms with Crippen LogP contribution in [0.1, 0.15) is 36.7 Å². The second-order valence-corrected chi connectivity index (χ2v) is 8.13. The van der Waals surface area contributed by atoms with Crippen LogP contribution >= 0.6 is 0 Å². The number of hydrogen-bond donors (Lipinski definition) is 0. The number of carbonyl (C=O) groups is 1. The van der Waals surface area contributed by atoms with Crippen LogP contribution in [0.5, 0.6) is 0 Å². The number of nitrogens with zero attached hydrogens (tertiary/aromatic N) is 1. The molecule has 3 aromatic carbocycles. The van der Waals surface area contributed by atoms with Gasteiger partial charge in [0.15, 0.2) is 6.29 Å². The van der Waals surface area contributed by atoms with E-state index >= 15 is 0 Å². The summed E-state index contributed by atoms with van der Waals surface area (Å²) in [6, 6.07) is 24.7. The molecule has 28 heavy (non-hydrogen) atoms. The van der Waals surface area contributed by atoms with Crippen molar-refractivity contribution < 1.29 is 4.79 Å². The number of benzene rings is 3. The van der Waals surface area contributed by atoms with E-state index in [-0.39, 0.29) is 5.41 Å². The van der Waals surface area contributed by atoms with E-state index in [4.69, 9.17) is 0 Å². The fourth-order valence-corrected chi connectivity index (χ4v) is 3.55. The van der Waals surface area contributed by atoms with Gasteiger partial charge in [-0.3, -0.25) is 9.78 Å². The quantitative estimate of drug-likeness (QED) is 0.379. The maximum Gasteiger partial charge on any atom is 0.150 e. The Bertz CT molecular complexity index is 1150. The SMILES string of the molecule is CC(C)(C)c1ccc(C=O)c(-c2ccc3c(-c4ccccc4)nccc3c2)c1. The topological polar surface area (TPSA) is 30.0 Å². The third-order valence-corrected chi connectivity index (χ3v) is 5.17. The predicted molar refractivity (Wildman–Crippen MR) is 117 cm³/mol. The molecule has 0 unspecified atom stereocenters. The first-order valence-electron chi connectivity index (χ1n) is 9.51. The Hall–Kier alpha value is -3.26. The highest BCUT2D eigenvalue weighted by atomic mass is 16.1. The van der Waals surface area contributed by atoms with Gasteiger partial charge < -0.3 is 0 Å². The third-order valence-electron chi connectivity index (χ3n) is 5.17. The minimum absolute atomic E-state index is 0.0252. The highest BCUT2D eigenvalue weighted by Gasteiger charge is 2.16. The van der Waals surface area contributed by atoms with Gasteiger partial charge >= 0.3 is 0 Å². The Kier molecular flexibility index (Phi) is 4.56. The molecule has 138 valence electrons. The summed E-state index contributed by atoms with van der Waals surface area (Å²) in [5, 5.41) is 2.22. The van der Waals surface area contributed by atoms with Gasteiger partial charge in [-0.2, -0.15) is 0 Å². The molecule has 0 N–H and O–H groups in total. The van der Waals surface area contributed by atoms with Gasteiger partial charge in [0.25, 0.3) is 0 Å². The normalized spacial score (nSPS) is 11.5. The lowest BCUT2D eigenvalue weighted by Crippen LogP contribution is -2.11. The van der Waals surface area contributed by atoms with Crippen LogP contribution in [0.3, 0.4) is 0 Å². The van der Waals surface area contributed by atoms with E-state index in [1.807, 2.05) is 42.6 Å². The summed E-state index contributed by atoms with van der Waals surface area (Å²) < 4.78 is 0. The van der Waals surface area contributed by atoms with Gasteiger partial charge in [-0.15, -0.1) is 0 Å². The lowest BCUT2D eigenvalue weighted by Gasteiger charge is -2.21. The number of hydrogen-bond acceptors (Lipinski definition) is 2. The van der Waals surface area contributed by atoms with Crippen LogP contribution in [-0.4, -0.2) is 11.3 Å². The minimum atomic E-state index is 0.0252. The molecular weight excluding hydrogens is 342 g/mol. The van der Waals surface area contributed by atoms with E-state index < -0.39 is 0 Å². The van der Waals surface area contributed by atoms with Crippen molar-refractivity contribution >= 4 is 17.1 Å². The molecule has 0 fully saturated rings. The van der Waals surface area contributed by atoms with E-state index in [2.05, 4.69) is 62.2 Å². The predicted octanol–water partition coefficient (Wildman–Crippen LogP) is 6.68. The average Bonchev–Trinajstić information content (AvgIpc) is 2.72. The molecule has 0 saturated heterocycles. The molecule has 4 rings (SSSR count). The van der Waals surface area contributed by atoms with Crippen LogP contribution in [0.25, 0.3) is 33.2 Å². The van der Waals surface area contributed by atoms with Crippen molar-refractivity contribution in [2.24, 2.45) is 0 Å². The first kappa shape index (κ1) is 18.1. The molecule has 0 amide bonds. The van der Waals surface area contributed by atoms with Crippen molar-refractivity contribution in [3.8, 4) is 22.4 Å². The molecule has 2 nitrogen and oxygen atoms in total. The summed E-state index contributed by atoms with van der Waals surface area (Å²) in [5.41, 5.74) is 6.05. The lowest BCUT2D eigenvalue weighted by molar-refractivity contribution is 0.112. The second kappa shape index (κ2) is 7.05. The van der Waals surface area contributed by atoms with Crippen molar-refractivity contribution in [2.45, 2.75) is 26.2 Å². The molecule has 0 saturated carbocycles. The smallest absolute Gasteiger partial charge is 0.150 e. The van der Waals surface area contributed by atoms with E-state index in [0.29, 0.717) is 5.56 Å². The Morgan fingerprint density at radius 1 is 0.821 bits per heavy atom. The van der Waals surface area contributed by atoms with Crippen LogP contribution in [0.2, 0.25) is 0 Å². The summed E-state index contributed by atoms with van der Waals surface area (Å²) in [6.07, 6.45) is 2.79. The number of carbonyl (C=O) groups excluding carboxylic acids is 1. The molecule has 1 heterocycles. The molecule has 0 aliphatic heterocycles. The average molecular weight is 365 g/mol. The van der Waals surface area contributed by atoms with Crippen LogP contribution in [0, 0.1) is 0 Å². The fraction of sp³-hybridized carbons (Fsp3) is 0.154. The van der Waals surface area contributed by atoms with Gasteiger partial charge in [0.05, 0.1) is 5.69 Å². The zero-order valence-corrected chi connectivity index (χ0v) is 16.4. The summed E-state index contributed by atoms with van der Waals surface area (Å²) in [5.74, 6) is 0. The molecular formula is C26H23NO. The molecule has 0 atom stereocenters. The molecule has 2 heteroatoms. The molecule has 1 aromatic heterocycles. The first-order chi connectivity index (χ1) is 13.5. The van der Waals surface area contributed by atoms with Crippen molar-refractivity contribution in [3.05, 3.63) is 90.1 Å². The lowest BCUT2D eigenvalue weighted by atomic mass is 9.84. The Balaban J connectivity index is 1.89. The zero-order valence-electron chi connectivity index (χ0n) is 16.4. The number of fused-ring (bicyclic) bond motifs is 1. The number of rotatable bonds is 3. The minimum Gasteiger partial charge on any atom is -0.298 e. The highest BCUT2D eigenvalue weighted by molar-refractivity contribution is 5.98. The summed E-state index contributed by atoms with van der Waals surface area (Å²) >= 11 is 0. The Labute approximate surface area is 165 Å². The van der Waals surface area contributed by atoms with Crippen molar-refractivity contribution in [1.29, 1.82) is 0 Å². The van der Waals surface area contributed by atoms with Crippen LogP contribution < -0.4 is 0 Å². The van der Waals surface area contributed by atoms with Crippen LogP contribution in [0.4, 0.5) is 0 Å². The standard InChI is InChI=1S/C26H23NO/c1-26(2,3)22-11-9-21(17-28)24(16-22)19-10-12-23-20(15-19)13-14-27-25(23)18-7-5-4-6-8-18/h4-17H,1-3H3. The van der Waals surface area contributed by atoms with Gasteiger partial charge in [0.2, 0.25) is 0 Å². The van der Waals surface area contributed by atoms with Crippen LogP contribution in [-0.2, 0) is 5.41 Å². The Morgan fingerprint density at radius 2 is 1.61 bits per heavy atom. The maximum absolute atomic E-state index is 11.7. The molecule has 0 radical (unpaired) electrons. The molecule has 0 aliphatic carbocycles. The number of pyridine rings is 1. The second-order valence-electron chi connectivity index (χ2n) is 8.13. The maximum atomic E-state index is 11.7. The monoisotopic (exact) mass is 365 g/mol. The molecule has 0 bridgehead atoms. The van der Waals surface area contributed by atoms with E-state index in [1.54, 1.807) is 0 Å². The first-order valence-corrected chi connectivity index (χ1v) is 9.51. The summed E-state index contributed by atoms with van der Waals surface area (Å²) in [4.78, 5) is 16.3. The highest BCUT2D eigenvalue weighted by Crippen LogP contribution is 2.33. The number of aromatic nitrogens is 1. The van der Waals surface area contributed by atoms with Gasteiger partial charge in [0, 0.05) is 22.7 Å². The molecule has 0 spiro atoms. The summed E-state index contributed by atoms with van der Waals surface area (Å²) in [7, 11) is 0.